The summed E-state index contributed by atoms with van der Waals surface area (Å²) in [6.45, 7) is 3.72. The molecular weight excluding hydrogens is 358 g/mol. The molecule has 27 heavy (non-hydrogen) atoms. The molecule has 1 unspecified atom stereocenters. The van der Waals surface area contributed by atoms with Crippen molar-refractivity contribution in [2.45, 2.75) is 26.1 Å². The predicted molar refractivity (Wildman–Crippen MR) is 92.6 cm³/mol. The number of piperazine rings is 1. The second kappa shape index (κ2) is 6.64. The second-order valence-electron chi connectivity index (χ2n) is 6.60. The van der Waals surface area contributed by atoms with Crippen LogP contribution in [0.25, 0.3) is 0 Å². The molecule has 2 aliphatic rings. The van der Waals surface area contributed by atoms with Crippen LogP contribution in [0.2, 0.25) is 0 Å². The molecule has 1 fully saturated rings. The van der Waals surface area contributed by atoms with Gasteiger partial charge in [-0.2, -0.15) is 4.98 Å². The molecular formula is C18H18F2N4O3. The molecule has 1 saturated heterocycles. The Hall–Kier alpha value is -2.97. The first kappa shape index (κ1) is 17.4. The van der Waals surface area contributed by atoms with E-state index in [4.69, 9.17) is 4.74 Å². The van der Waals surface area contributed by atoms with Gasteiger partial charge in [0.25, 0.3) is 0 Å². The quantitative estimate of drug-likeness (QED) is 0.801. The first-order valence-electron chi connectivity index (χ1n) is 8.69. The molecule has 0 aliphatic carbocycles. The number of amides is 1. The topological polar surface area (TPSA) is 67.7 Å². The van der Waals surface area contributed by atoms with Crippen LogP contribution in [-0.4, -0.2) is 46.0 Å². The standard InChI is InChI=1S/C18H18F2N4O3/c1-2-22-7-12-8-24-16(23(12)9-17(22)25)6-15(21-18(24)26)27-10-11-3-4-13(19)14(20)5-11/h3-6,12H,2,7-10H2,1H3. The molecule has 4 rings (SSSR count). The van der Waals surface area contributed by atoms with Crippen LogP contribution < -0.4 is 15.3 Å². The third-order valence-corrected chi connectivity index (χ3v) is 4.94. The fourth-order valence-electron chi connectivity index (χ4n) is 3.51. The van der Waals surface area contributed by atoms with Gasteiger partial charge in [0.15, 0.2) is 11.6 Å². The highest BCUT2D eigenvalue weighted by Crippen LogP contribution is 2.29. The highest BCUT2D eigenvalue weighted by molar-refractivity contribution is 5.83. The maximum Gasteiger partial charge on any atom is 0.352 e. The Labute approximate surface area is 153 Å². The van der Waals surface area contributed by atoms with Gasteiger partial charge < -0.3 is 14.5 Å². The number of carbonyl (C=O) groups excluding carboxylic acids is 1. The first-order chi connectivity index (χ1) is 13.0. The SMILES string of the molecule is CCN1CC2Cn3c(cc(OCc4ccc(F)c(F)c4)nc3=O)N2CC1=O. The summed E-state index contributed by atoms with van der Waals surface area (Å²) in [5.74, 6) is -1.22. The molecule has 0 spiro atoms. The van der Waals surface area contributed by atoms with Crippen LogP contribution in [0.5, 0.6) is 5.88 Å². The van der Waals surface area contributed by atoms with Gasteiger partial charge in [-0.1, -0.05) is 6.07 Å². The van der Waals surface area contributed by atoms with Crippen molar-refractivity contribution in [3.05, 3.63) is 51.9 Å². The summed E-state index contributed by atoms with van der Waals surface area (Å²) in [7, 11) is 0. The van der Waals surface area contributed by atoms with E-state index in [2.05, 4.69) is 4.98 Å². The number of rotatable bonds is 4. The van der Waals surface area contributed by atoms with Gasteiger partial charge in [0.05, 0.1) is 19.1 Å². The number of halogens is 2. The zero-order chi connectivity index (χ0) is 19.1. The van der Waals surface area contributed by atoms with Gasteiger partial charge in [0.1, 0.15) is 12.4 Å². The van der Waals surface area contributed by atoms with Crippen molar-refractivity contribution in [2.75, 3.05) is 24.5 Å². The van der Waals surface area contributed by atoms with Crippen molar-refractivity contribution in [2.24, 2.45) is 0 Å². The number of hydrogen-bond acceptors (Lipinski definition) is 5. The lowest BCUT2D eigenvalue weighted by Gasteiger charge is -2.37. The van der Waals surface area contributed by atoms with Gasteiger partial charge in [0.2, 0.25) is 11.8 Å². The van der Waals surface area contributed by atoms with Crippen LogP contribution in [0, 0.1) is 11.6 Å². The van der Waals surface area contributed by atoms with Crippen molar-refractivity contribution < 1.29 is 18.3 Å². The largest absolute Gasteiger partial charge is 0.473 e. The smallest absolute Gasteiger partial charge is 0.352 e. The van der Waals surface area contributed by atoms with E-state index in [1.165, 1.54) is 10.6 Å². The number of ether oxygens (including phenoxy) is 1. The molecule has 1 aromatic carbocycles. The van der Waals surface area contributed by atoms with E-state index in [9.17, 15) is 18.4 Å². The number of carbonyl (C=O) groups is 1. The van der Waals surface area contributed by atoms with E-state index in [-0.39, 0.29) is 31.0 Å². The van der Waals surface area contributed by atoms with Gasteiger partial charge >= 0.3 is 5.69 Å². The monoisotopic (exact) mass is 376 g/mol. The average Bonchev–Trinajstić information content (AvgIpc) is 3.00. The Bertz CT molecular complexity index is 962. The van der Waals surface area contributed by atoms with E-state index >= 15 is 0 Å². The van der Waals surface area contributed by atoms with Crippen LogP contribution >= 0.6 is 0 Å². The maximum absolute atomic E-state index is 13.3. The van der Waals surface area contributed by atoms with E-state index in [0.29, 0.717) is 31.0 Å². The van der Waals surface area contributed by atoms with Crippen molar-refractivity contribution in [3.8, 4) is 5.88 Å². The molecule has 2 aliphatic heterocycles. The molecule has 1 amide bonds. The minimum atomic E-state index is -0.965. The Kier molecular flexibility index (Phi) is 4.29. The predicted octanol–water partition coefficient (Wildman–Crippen LogP) is 1.15. The van der Waals surface area contributed by atoms with Crippen LogP contribution in [-0.2, 0) is 17.9 Å². The fraction of sp³-hybridized carbons (Fsp3) is 0.389. The average molecular weight is 376 g/mol. The summed E-state index contributed by atoms with van der Waals surface area (Å²) >= 11 is 0. The Balaban J connectivity index is 1.55. The minimum Gasteiger partial charge on any atom is -0.473 e. The summed E-state index contributed by atoms with van der Waals surface area (Å²) in [4.78, 5) is 32.1. The van der Waals surface area contributed by atoms with Crippen LogP contribution in [0.1, 0.15) is 12.5 Å². The van der Waals surface area contributed by atoms with E-state index in [1.807, 2.05) is 11.8 Å². The van der Waals surface area contributed by atoms with Gasteiger partial charge in [-0.3, -0.25) is 9.36 Å². The Morgan fingerprint density at radius 1 is 1.19 bits per heavy atom. The molecule has 142 valence electrons. The Morgan fingerprint density at radius 3 is 2.74 bits per heavy atom. The fourth-order valence-corrected chi connectivity index (χ4v) is 3.51. The summed E-state index contributed by atoms with van der Waals surface area (Å²) in [5, 5.41) is 0. The number of fused-ring (bicyclic) bond motifs is 3. The lowest BCUT2D eigenvalue weighted by molar-refractivity contribution is -0.131. The van der Waals surface area contributed by atoms with E-state index in [0.717, 1.165) is 12.1 Å². The molecule has 1 atom stereocenters. The highest BCUT2D eigenvalue weighted by Gasteiger charge is 2.38. The van der Waals surface area contributed by atoms with E-state index in [1.54, 1.807) is 11.0 Å². The minimum absolute atomic E-state index is 0.00992. The van der Waals surface area contributed by atoms with Gasteiger partial charge in [0, 0.05) is 19.2 Å². The summed E-state index contributed by atoms with van der Waals surface area (Å²) in [6.07, 6.45) is 0. The van der Waals surface area contributed by atoms with Crippen molar-refractivity contribution >= 4 is 11.7 Å². The molecule has 0 saturated carbocycles. The molecule has 0 bridgehead atoms. The third-order valence-electron chi connectivity index (χ3n) is 4.94. The normalized spacial score (nSPS) is 18.5. The van der Waals surface area contributed by atoms with Crippen molar-refractivity contribution in [1.82, 2.24) is 14.5 Å². The number of likely N-dealkylation sites (N-methyl/N-ethyl adjacent to an activating group) is 1. The second-order valence-corrected chi connectivity index (χ2v) is 6.60. The number of hydrogen-bond donors (Lipinski definition) is 0. The van der Waals surface area contributed by atoms with Crippen molar-refractivity contribution in [3.63, 3.8) is 0 Å². The molecule has 9 heteroatoms. The molecule has 2 aromatic rings. The number of anilines is 1. The van der Waals surface area contributed by atoms with Gasteiger partial charge in [-0.25, -0.2) is 13.6 Å². The number of aromatic nitrogens is 2. The van der Waals surface area contributed by atoms with E-state index < -0.39 is 17.3 Å². The zero-order valence-electron chi connectivity index (χ0n) is 14.7. The highest BCUT2D eigenvalue weighted by atomic mass is 19.2. The summed E-state index contributed by atoms with van der Waals surface area (Å²) < 4.78 is 33.3. The maximum atomic E-state index is 13.3. The summed E-state index contributed by atoms with van der Waals surface area (Å²) in [6, 6.07) is 5.09. The van der Waals surface area contributed by atoms with Crippen LogP contribution in [0.4, 0.5) is 14.6 Å². The Morgan fingerprint density at radius 2 is 2.00 bits per heavy atom. The van der Waals surface area contributed by atoms with Crippen LogP contribution in [0.3, 0.4) is 0 Å². The van der Waals surface area contributed by atoms with Crippen LogP contribution in [0.15, 0.2) is 29.1 Å². The zero-order valence-corrected chi connectivity index (χ0v) is 14.7. The molecule has 3 heterocycles. The molecule has 0 N–H and O–H groups in total. The lowest BCUT2D eigenvalue weighted by atomic mass is 10.2. The number of nitrogens with zero attached hydrogens (tertiary/aromatic N) is 4. The number of benzene rings is 1. The first-order valence-corrected chi connectivity index (χ1v) is 8.69. The van der Waals surface area contributed by atoms with Gasteiger partial charge in [-0.15, -0.1) is 0 Å². The summed E-state index contributed by atoms with van der Waals surface area (Å²) in [5.41, 5.74) is -0.0430. The lowest BCUT2D eigenvalue weighted by Crippen LogP contribution is -2.54. The third kappa shape index (κ3) is 3.13. The molecule has 0 radical (unpaired) electrons. The van der Waals surface area contributed by atoms with Crippen molar-refractivity contribution in [1.29, 1.82) is 0 Å². The molecule has 7 nitrogen and oxygen atoms in total. The molecule has 1 aromatic heterocycles. The van der Waals surface area contributed by atoms with Gasteiger partial charge in [-0.05, 0) is 24.6 Å².